The SMILES string of the molecule is O=C(NC12CC3CC(C1)CC(n1ncnn1)(C3)C2)c1nc2ncccn2n1. The highest BCUT2D eigenvalue weighted by molar-refractivity contribution is 5.91. The van der Waals surface area contributed by atoms with Crippen LogP contribution in [0.1, 0.15) is 49.1 Å². The van der Waals surface area contributed by atoms with Crippen molar-refractivity contribution < 1.29 is 4.79 Å². The molecule has 4 bridgehead atoms. The minimum absolute atomic E-state index is 0.137. The van der Waals surface area contributed by atoms with E-state index in [0.717, 1.165) is 32.1 Å². The third-order valence-corrected chi connectivity index (χ3v) is 6.50. The molecule has 1 amide bonds. The van der Waals surface area contributed by atoms with Gasteiger partial charge in [-0.2, -0.15) is 9.78 Å². The molecule has 2 atom stereocenters. The third kappa shape index (κ3) is 2.22. The Hall–Kier alpha value is -2.91. The number of carbonyl (C=O) groups excluding carboxylic acids is 1. The second-order valence-electron chi connectivity index (χ2n) is 8.44. The topological polar surface area (TPSA) is 116 Å². The Balaban J connectivity index is 1.33. The van der Waals surface area contributed by atoms with Crippen molar-refractivity contribution in [3.63, 3.8) is 0 Å². The molecule has 4 aliphatic rings. The van der Waals surface area contributed by atoms with E-state index in [2.05, 4.69) is 35.8 Å². The van der Waals surface area contributed by atoms with Crippen LogP contribution in [0.15, 0.2) is 24.8 Å². The lowest BCUT2D eigenvalue weighted by molar-refractivity contribution is -0.0811. The van der Waals surface area contributed by atoms with Gasteiger partial charge in [-0.3, -0.25) is 4.79 Å². The lowest BCUT2D eigenvalue weighted by atomic mass is 9.50. The summed E-state index contributed by atoms with van der Waals surface area (Å²) in [5.74, 6) is 1.51. The van der Waals surface area contributed by atoms with Crippen LogP contribution in [-0.2, 0) is 5.54 Å². The predicted octanol–water partition coefficient (Wildman–Crippen LogP) is 0.589. The van der Waals surface area contributed by atoms with Crippen LogP contribution < -0.4 is 5.32 Å². The molecule has 4 fully saturated rings. The number of hydrogen-bond donors (Lipinski definition) is 1. The van der Waals surface area contributed by atoms with Crippen LogP contribution in [0.4, 0.5) is 0 Å². The molecule has 10 heteroatoms. The van der Waals surface area contributed by atoms with Crippen LogP contribution in [0.25, 0.3) is 5.78 Å². The average Bonchev–Trinajstić information content (AvgIpc) is 3.30. The summed E-state index contributed by atoms with van der Waals surface area (Å²) in [6, 6.07) is 1.76. The number of aromatic nitrogens is 8. The van der Waals surface area contributed by atoms with Gasteiger partial charge in [0.2, 0.25) is 5.82 Å². The Morgan fingerprint density at radius 3 is 2.81 bits per heavy atom. The molecule has 0 aromatic carbocycles. The van der Waals surface area contributed by atoms with E-state index in [9.17, 15) is 4.79 Å². The monoisotopic (exact) mass is 365 g/mol. The molecule has 10 nitrogen and oxygen atoms in total. The summed E-state index contributed by atoms with van der Waals surface area (Å²) in [4.78, 5) is 23.2. The molecule has 0 aliphatic heterocycles. The largest absolute Gasteiger partial charge is 0.344 e. The zero-order chi connectivity index (χ0) is 18.1. The first-order chi connectivity index (χ1) is 13.1. The Morgan fingerprint density at radius 2 is 2.07 bits per heavy atom. The summed E-state index contributed by atoms with van der Waals surface area (Å²) in [7, 11) is 0. The van der Waals surface area contributed by atoms with Crippen LogP contribution in [-0.4, -0.2) is 51.2 Å². The molecule has 3 heterocycles. The van der Waals surface area contributed by atoms with E-state index in [0.29, 0.717) is 17.6 Å². The second kappa shape index (κ2) is 5.08. The fourth-order valence-electron chi connectivity index (χ4n) is 6.10. The number of nitrogens with one attached hydrogen (secondary N) is 1. The van der Waals surface area contributed by atoms with Gasteiger partial charge in [0, 0.05) is 17.9 Å². The maximum absolute atomic E-state index is 13.0. The van der Waals surface area contributed by atoms with Gasteiger partial charge in [-0.25, -0.2) is 9.50 Å². The van der Waals surface area contributed by atoms with Crippen LogP contribution in [0.2, 0.25) is 0 Å². The van der Waals surface area contributed by atoms with Gasteiger partial charge < -0.3 is 5.32 Å². The summed E-state index contributed by atoms with van der Waals surface area (Å²) in [6.07, 6.45) is 11.1. The van der Waals surface area contributed by atoms with Gasteiger partial charge in [0.15, 0.2) is 6.33 Å². The van der Waals surface area contributed by atoms with E-state index in [-0.39, 0.29) is 22.8 Å². The highest BCUT2D eigenvalue weighted by Gasteiger charge is 2.60. The maximum atomic E-state index is 13.0. The number of hydrogen-bond acceptors (Lipinski definition) is 7. The van der Waals surface area contributed by atoms with Crippen molar-refractivity contribution in [1.29, 1.82) is 0 Å². The van der Waals surface area contributed by atoms with Crippen molar-refractivity contribution >= 4 is 11.7 Å². The molecule has 27 heavy (non-hydrogen) atoms. The van der Waals surface area contributed by atoms with E-state index in [1.54, 1.807) is 23.3 Å². The van der Waals surface area contributed by atoms with Gasteiger partial charge in [-0.15, -0.1) is 15.3 Å². The Bertz CT molecular complexity index is 979. The Kier molecular flexibility index (Phi) is 2.86. The highest BCUT2D eigenvalue weighted by Crippen LogP contribution is 2.60. The molecule has 3 aromatic rings. The van der Waals surface area contributed by atoms with Crippen molar-refractivity contribution in [3.05, 3.63) is 30.6 Å². The summed E-state index contributed by atoms with van der Waals surface area (Å²) >= 11 is 0. The van der Waals surface area contributed by atoms with Crippen molar-refractivity contribution in [2.24, 2.45) is 11.8 Å². The first-order valence-electron chi connectivity index (χ1n) is 9.37. The Morgan fingerprint density at radius 1 is 1.22 bits per heavy atom. The van der Waals surface area contributed by atoms with E-state index in [4.69, 9.17) is 0 Å². The first kappa shape index (κ1) is 15.2. The first-order valence-corrected chi connectivity index (χ1v) is 9.37. The normalized spacial score (nSPS) is 34.2. The fourth-order valence-corrected chi connectivity index (χ4v) is 6.10. The average molecular weight is 365 g/mol. The second-order valence-corrected chi connectivity index (χ2v) is 8.44. The molecule has 138 valence electrons. The molecule has 3 aromatic heterocycles. The Labute approximate surface area is 154 Å². The lowest BCUT2D eigenvalue weighted by Crippen LogP contribution is -2.66. The van der Waals surface area contributed by atoms with E-state index >= 15 is 0 Å². The maximum Gasteiger partial charge on any atom is 0.291 e. The smallest absolute Gasteiger partial charge is 0.291 e. The fraction of sp³-hybridized carbons (Fsp3) is 0.588. The number of amides is 1. The van der Waals surface area contributed by atoms with Crippen LogP contribution in [0.5, 0.6) is 0 Å². The number of tetrazole rings is 1. The van der Waals surface area contributed by atoms with Crippen molar-refractivity contribution in [1.82, 2.24) is 45.1 Å². The summed E-state index contributed by atoms with van der Waals surface area (Å²) in [5, 5.41) is 20.0. The van der Waals surface area contributed by atoms with Gasteiger partial charge in [0.05, 0.1) is 5.54 Å². The molecule has 7 rings (SSSR count). The number of fused-ring (bicyclic) bond motifs is 1. The summed E-state index contributed by atoms with van der Waals surface area (Å²) < 4.78 is 1.52. The molecule has 4 saturated carbocycles. The van der Waals surface area contributed by atoms with Crippen molar-refractivity contribution in [2.45, 2.75) is 49.6 Å². The lowest BCUT2D eigenvalue weighted by Gasteiger charge is -2.61. The minimum atomic E-state index is -0.250. The zero-order valence-corrected chi connectivity index (χ0v) is 14.7. The van der Waals surface area contributed by atoms with Crippen molar-refractivity contribution in [2.75, 3.05) is 0 Å². The molecular weight excluding hydrogens is 346 g/mol. The zero-order valence-electron chi connectivity index (χ0n) is 14.7. The van der Waals surface area contributed by atoms with Crippen LogP contribution in [0, 0.1) is 11.8 Å². The van der Waals surface area contributed by atoms with E-state index < -0.39 is 0 Å². The van der Waals surface area contributed by atoms with Gasteiger partial charge in [-0.05, 0) is 61.6 Å². The summed E-state index contributed by atoms with van der Waals surface area (Å²) in [6.45, 7) is 0. The standard InChI is InChI=1S/C17H19N9O/c27-14(13-21-15-18-2-1-3-25(15)23-13)22-16-5-11-4-12(6-16)8-17(7-11,9-16)26-20-10-19-24-26/h1-3,10-12H,4-9H2,(H,22,27). The number of nitrogens with zero attached hydrogens (tertiary/aromatic N) is 8. The summed E-state index contributed by atoms with van der Waals surface area (Å²) in [5.41, 5.74) is -0.387. The van der Waals surface area contributed by atoms with Crippen molar-refractivity contribution in [3.8, 4) is 0 Å². The number of rotatable bonds is 3. The number of carbonyl (C=O) groups is 1. The predicted molar refractivity (Wildman–Crippen MR) is 91.5 cm³/mol. The quantitative estimate of drug-likeness (QED) is 0.722. The molecule has 2 unspecified atom stereocenters. The molecule has 4 aliphatic carbocycles. The van der Waals surface area contributed by atoms with Gasteiger partial charge in [0.1, 0.15) is 0 Å². The molecule has 0 radical (unpaired) electrons. The molecule has 0 spiro atoms. The molecular formula is C17H19N9O. The van der Waals surface area contributed by atoms with Gasteiger partial charge in [0.25, 0.3) is 11.7 Å². The molecule has 0 saturated heterocycles. The van der Waals surface area contributed by atoms with E-state index in [1.165, 1.54) is 17.3 Å². The van der Waals surface area contributed by atoms with Crippen LogP contribution in [0.3, 0.4) is 0 Å². The highest BCUT2D eigenvalue weighted by atomic mass is 16.2. The molecule has 1 N–H and O–H groups in total. The van der Waals surface area contributed by atoms with Crippen LogP contribution >= 0.6 is 0 Å². The van der Waals surface area contributed by atoms with Gasteiger partial charge in [-0.1, -0.05) is 0 Å². The minimum Gasteiger partial charge on any atom is -0.344 e. The van der Waals surface area contributed by atoms with Gasteiger partial charge >= 0.3 is 0 Å². The van der Waals surface area contributed by atoms with E-state index in [1.807, 2.05) is 0 Å². The third-order valence-electron chi connectivity index (χ3n) is 6.50.